The highest BCUT2D eigenvalue weighted by molar-refractivity contribution is 5.89. The van der Waals surface area contributed by atoms with E-state index in [2.05, 4.69) is 22.6 Å². The van der Waals surface area contributed by atoms with Gasteiger partial charge in [0.2, 0.25) is 11.8 Å². The fraction of sp³-hybridized carbons (Fsp3) is 0.706. The topological polar surface area (TPSA) is 117 Å². The molecule has 1 saturated carbocycles. The monoisotopic (exact) mass is 363 g/mol. The van der Waals surface area contributed by atoms with Crippen LogP contribution in [0.4, 0.5) is 0 Å². The molecular formula is C17H25N5O4. The Balaban J connectivity index is 1.48. The molecular weight excluding hydrogens is 338 g/mol. The first kappa shape index (κ1) is 18.3. The molecule has 2 fully saturated rings. The van der Waals surface area contributed by atoms with Gasteiger partial charge in [-0.15, -0.1) is 5.10 Å². The standard InChI is InChI=1S/C17H25N5O4/c1-11-2-4-14(5-3-11)22-8-12(6-15(22)23)17(26)18-7-13-9-21(20-19-13)10-16(24)25/h9,11-12,14H,2-8,10H2,1H3,(H,18,26)(H,24,25). The van der Waals surface area contributed by atoms with Gasteiger partial charge in [0.15, 0.2) is 0 Å². The van der Waals surface area contributed by atoms with E-state index in [9.17, 15) is 14.4 Å². The molecule has 1 aromatic rings. The molecule has 1 unspecified atom stereocenters. The number of amides is 2. The van der Waals surface area contributed by atoms with Crippen molar-refractivity contribution >= 4 is 17.8 Å². The molecule has 2 amide bonds. The van der Waals surface area contributed by atoms with Gasteiger partial charge >= 0.3 is 5.97 Å². The van der Waals surface area contributed by atoms with Crippen molar-refractivity contribution in [3.63, 3.8) is 0 Å². The number of hydrogen-bond donors (Lipinski definition) is 2. The molecule has 9 nitrogen and oxygen atoms in total. The number of hydrogen-bond acceptors (Lipinski definition) is 5. The van der Waals surface area contributed by atoms with E-state index in [0.29, 0.717) is 12.2 Å². The minimum Gasteiger partial charge on any atom is -0.480 e. The molecule has 142 valence electrons. The Morgan fingerprint density at radius 2 is 2.04 bits per heavy atom. The number of aliphatic carboxylic acids is 1. The molecule has 1 aliphatic carbocycles. The fourth-order valence-electron chi connectivity index (χ4n) is 3.77. The highest BCUT2D eigenvalue weighted by Gasteiger charge is 2.38. The molecule has 3 rings (SSSR count). The van der Waals surface area contributed by atoms with Crippen LogP contribution in [0.2, 0.25) is 0 Å². The van der Waals surface area contributed by atoms with Crippen LogP contribution in [-0.4, -0.2) is 55.4 Å². The molecule has 0 radical (unpaired) electrons. The Bertz CT molecular complexity index is 680. The van der Waals surface area contributed by atoms with E-state index in [4.69, 9.17) is 5.11 Å². The molecule has 1 aliphatic heterocycles. The van der Waals surface area contributed by atoms with Crippen LogP contribution in [0, 0.1) is 11.8 Å². The zero-order valence-corrected chi connectivity index (χ0v) is 14.9. The summed E-state index contributed by atoms with van der Waals surface area (Å²) in [6.45, 7) is 2.62. The summed E-state index contributed by atoms with van der Waals surface area (Å²) in [5.41, 5.74) is 0.488. The predicted octanol–water partition coefficient (Wildman–Crippen LogP) is 0.406. The van der Waals surface area contributed by atoms with E-state index < -0.39 is 5.97 Å². The molecule has 26 heavy (non-hydrogen) atoms. The lowest BCUT2D eigenvalue weighted by atomic mass is 9.87. The molecule has 2 aliphatic rings. The molecule has 9 heteroatoms. The summed E-state index contributed by atoms with van der Waals surface area (Å²) in [7, 11) is 0. The van der Waals surface area contributed by atoms with Crippen LogP contribution in [0.3, 0.4) is 0 Å². The molecule has 2 N–H and O–H groups in total. The summed E-state index contributed by atoms with van der Waals surface area (Å²) in [6.07, 6.45) is 6.06. The van der Waals surface area contributed by atoms with Gasteiger partial charge < -0.3 is 15.3 Å². The average Bonchev–Trinajstić information content (AvgIpc) is 3.19. The molecule has 0 aromatic carbocycles. The fourth-order valence-corrected chi connectivity index (χ4v) is 3.77. The van der Waals surface area contributed by atoms with Crippen LogP contribution < -0.4 is 5.32 Å². The maximum Gasteiger partial charge on any atom is 0.325 e. The zero-order chi connectivity index (χ0) is 18.7. The van der Waals surface area contributed by atoms with Crippen molar-refractivity contribution in [2.75, 3.05) is 6.54 Å². The van der Waals surface area contributed by atoms with Gasteiger partial charge in [-0.2, -0.15) is 0 Å². The summed E-state index contributed by atoms with van der Waals surface area (Å²) in [4.78, 5) is 37.2. The quantitative estimate of drug-likeness (QED) is 0.756. The minimum atomic E-state index is -1.01. The molecule has 0 spiro atoms. The maximum absolute atomic E-state index is 12.4. The van der Waals surface area contributed by atoms with Gasteiger partial charge in [-0.05, 0) is 31.6 Å². The van der Waals surface area contributed by atoms with E-state index in [1.54, 1.807) is 0 Å². The largest absolute Gasteiger partial charge is 0.480 e. The van der Waals surface area contributed by atoms with Gasteiger partial charge in [-0.3, -0.25) is 14.4 Å². The number of nitrogens with one attached hydrogen (secondary N) is 1. The van der Waals surface area contributed by atoms with Crippen LogP contribution in [-0.2, 0) is 27.5 Å². The van der Waals surface area contributed by atoms with Gasteiger partial charge in [0, 0.05) is 19.0 Å². The van der Waals surface area contributed by atoms with Gasteiger partial charge in [-0.1, -0.05) is 12.1 Å². The lowest BCUT2D eigenvalue weighted by molar-refractivity contribution is -0.138. The Labute approximate surface area is 151 Å². The van der Waals surface area contributed by atoms with Crippen molar-refractivity contribution < 1.29 is 19.5 Å². The lowest BCUT2D eigenvalue weighted by Crippen LogP contribution is -2.40. The molecule has 1 atom stereocenters. The van der Waals surface area contributed by atoms with E-state index in [-0.39, 0.29) is 43.3 Å². The van der Waals surface area contributed by atoms with Crippen LogP contribution in [0.1, 0.15) is 44.7 Å². The molecule has 1 aromatic heterocycles. The van der Waals surface area contributed by atoms with Crippen molar-refractivity contribution in [2.24, 2.45) is 11.8 Å². The molecule has 2 heterocycles. The first-order valence-corrected chi connectivity index (χ1v) is 9.10. The molecule has 0 bridgehead atoms. The molecule has 1 saturated heterocycles. The van der Waals surface area contributed by atoms with Crippen LogP contribution in [0.15, 0.2) is 6.20 Å². The first-order chi connectivity index (χ1) is 12.4. The lowest BCUT2D eigenvalue weighted by Gasteiger charge is -2.33. The number of rotatable bonds is 6. The second-order valence-corrected chi connectivity index (χ2v) is 7.38. The third kappa shape index (κ3) is 4.39. The highest BCUT2D eigenvalue weighted by atomic mass is 16.4. The third-order valence-corrected chi connectivity index (χ3v) is 5.28. The van der Waals surface area contributed by atoms with Crippen molar-refractivity contribution in [2.45, 2.75) is 58.2 Å². The van der Waals surface area contributed by atoms with Gasteiger partial charge in [0.1, 0.15) is 12.2 Å². The Hall–Kier alpha value is -2.45. The van der Waals surface area contributed by atoms with E-state index in [1.165, 1.54) is 10.9 Å². The van der Waals surface area contributed by atoms with Crippen LogP contribution in [0.25, 0.3) is 0 Å². The zero-order valence-electron chi connectivity index (χ0n) is 14.9. The summed E-state index contributed by atoms with van der Waals surface area (Å²) in [5, 5.41) is 19.0. The number of carboxylic acid groups (broad SMARTS) is 1. The Morgan fingerprint density at radius 3 is 2.73 bits per heavy atom. The van der Waals surface area contributed by atoms with Gasteiger partial charge in [0.05, 0.1) is 18.7 Å². The van der Waals surface area contributed by atoms with Crippen LogP contribution in [0.5, 0.6) is 0 Å². The summed E-state index contributed by atoms with van der Waals surface area (Å²) in [5.74, 6) is -0.726. The van der Waals surface area contributed by atoms with Gasteiger partial charge in [0.25, 0.3) is 0 Å². The Kier molecular flexibility index (Phi) is 5.53. The number of aromatic nitrogens is 3. The van der Waals surface area contributed by atoms with E-state index in [1.807, 2.05) is 4.90 Å². The first-order valence-electron chi connectivity index (χ1n) is 9.10. The van der Waals surface area contributed by atoms with Gasteiger partial charge in [-0.25, -0.2) is 4.68 Å². The van der Waals surface area contributed by atoms with E-state index in [0.717, 1.165) is 31.6 Å². The van der Waals surface area contributed by atoms with E-state index >= 15 is 0 Å². The summed E-state index contributed by atoms with van der Waals surface area (Å²) < 4.78 is 1.20. The van der Waals surface area contributed by atoms with Crippen LogP contribution >= 0.6 is 0 Å². The SMILES string of the molecule is CC1CCC(N2CC(C(=O)NCc3cn(CC(=O)O)nn3)CC2=O)CC1. The number of carboxylic acids is 1. The third-order valence-electron chi connectivity index (χ3n) is 5.28. The number of carbonyl (C=O) groups excluding carboxylic acids is 2. The number of likely N-dealkylation sites (tertiary alicyclic amines) is 1. The Morgan fingerprint density at radius 1 is 1.31 bits per heavy atom. The summed E-state index contributed by atoms with van der Waals surface area (Å²) in [6, 6.07) is 0.271. The second kappa shape index (κ2) is 7.84. The van der Waals surface area contributed by atoms with Crippen molar-refractivity contribution in [1.82, 2.24) is 25.2 Å². The maximum atomic E-state index is 12.4. The average molecular weight is 363 g/mol. The van der Waals surface area contributed by atoms with Crippen molar-refractivity contribution in [3.8, 4) is 0 Å². The second-order valence-electron chi connectivity index (χ2n) is 7.38. The van der Waals surface area contributed by atoms with Crippen molar-refractivity contribution in [3.05, 3.63) is 11.9 Å². The smallest absolute Gasteiger partial charge is 0.325 e. The summed E-state index contributed by atoms with van der Waals surface area (Å²) >= 11 is 0. The minimum absolute atomic E-state index is 0.0668. The normalized spacial score (nSPS) is 26.1. The number of carbonyl (C=O) groups is 3. The number of nitrogens with zero attached hydrogens (tertiary/aromatic N) is 4. The highest BCUT2D eigenvalue weighted by Crippen LogP contribution is 2.31. The predicted molar refractivity (Wildman–Crippen MR) is 90.7 cm³/mol. The van der Waals surface area contributed by atoms with Crippen molar-refractivity contribution in [1.29, 1.82) is 0 Å².